The smallest absolute Gasteiger partial charge is 0.191 e. The summed E-state index contributed by atoms with van der Waals surface area (Å²) in [6, 6.07) is 12.5. The first-order chi connectivity index (χ1) is 14.6. The fourth-order valence-corrected chi connectivity index (χ4v) is 3.50. The zero-order chi connectivity index (χ0) is 21.3. The summed E-state index contributed by atoms with van der Waals surface area (Å²) in [6.45, 7) is 7.78. The molecule has 30 heavy (non-hydrogen) atoms. The molecule has 2 aromatic carbocycles. The van der Waals surface area contributed by atoms with Crippen molar-refractivity contribution in [3.05, 3.63) is 58.7 Å². The maximum absolute atomic E-state index is 6.14. The zero-order valence-electron chi connectivity index (χ0n) is 18.5. The number of guanidine groups is 1. The van der Waals surface area contributed by atoms with Crippen LogP contribution in [0.2, 0.25) is 0 Å². The molecule has 0 bridgehead atoms. The number of aliphatic imine (C=N–C) groups is 1. The van der Waals surface area contributed by atoms with E-state index in [9.17, 15) is 0 Å². The molecular weight excluding hydrogens is 378 g/mol. The van der Waals surface area contributed by atoms with Crippen LogP contribution in [0.1, 0.15) is 28.7 Å². The molecule has 1 heterocycles. The van der Waals surface area contributed by atoms with Crippen molar-refractivity contribution in [3.8, 4) is 11.5 Å². The molecule has 0 spiro atoms. The monoisotopic (exact) mass is 411 g/mol. The molecule has 1 atom stereocenters. The second kappa shape index (κ2) is 10.9. The van der Waals surface area contributed by atoms with Crippen molar-refractivity contribution in [2.45, 2.75) is 33.4 Å². The topological polar surface area (TPSA) is 64.1 Å². The van der Waals surface area contributed by atoms with Gasteiger partial charge in [0.1, 0.15) is 11.5 Å². The zero-order valence-corrected chi connectivity index (χ0v) is 18.5. The number of aryl methyl sites for hydroxylation is 2. The first kappa shape index (κ1) is 22.0. The highest BCUT2D eigenvalue weighted by atomic mass is 16.5. The molecule has 1 aliphatic rings. The summed E-state index contributed by atoms with van der Waals surface area (Å²) < 4.78 is 16.9. The molecule has 0 amide bonds. The average molecular weight is 412 g/mol. The summed E-state index contributed by atoms with van der Waals surface area (Å²) in [4.78, 5) is 4.34. The molecule has 0 saturated carbocycles. The Morgan fingerprint density at radius 1 is 1.10 bits per heavy atom. The van der Waals surface area contributed by atoms with Crippen LogP contribution < -0.4 is 20.1 Å². The Hall–Kier alpha value is -2.73. The third-order valence-corrected chi connectivity index (χ3v) is 5.31. The minimum atomic E-state index is 0.480. The minimum Gasteiger partial charge on any atom is -0.496 e. The van der Waals surface area contributed by atoms with Gasteiger partial charge in [-0.1, -0.05) is 24.3 Å². The molecule has 1 aliphatic heterocycles. The Morgan fingerprint density at radius 3 is 2.63 bits per heavy atom. The van der Waals surface area contributed by atoms with Crippen molar-refractivity contribution in [1.82, 2.24) is 10.6 Å². The molecule has 1 unspecified atom stereocenters. The fourth-order valence-electron chi connectivity index (χ4n) is 3.50. The third kappa shape index (κ3) is 6.13. The number of benzene rings is 2. The Balaban J connectivity index is 1.55. The van der Waals surface area contributed by atoms with Gasteiger partial charge in [-0.15, -0.1) is 0 Å². The van der Waals surface area contributed by atoms with Gasteiger partial charge >= 0.3 is 0 Å². The van der Waals surface area contributed by atoms with Crippen molar-refractivity contribution >= 4 is 5.96 Å². The molecule has 2 aromatic rings. The van der Waals surface area contributed by atoms with Crippen molar-refractivity contribution in [2.24, 2.45) is 10.9 Å². The van der Waals surface area contributed by atoms with E-state index in [4.69, 9.17) is 14.2 Å². The molecule has 2 N–H and O–H groups in total. The largest absolute Gasteiger partial charge is 0.496 e. The Morgan fingerprint density at radius 2 is 1.93 bits per heavy atom. The first-order valence-electron chi connectivity index (χ1n) is 10.5. The SMILES string of the molecule is CN=C(NCc1ccc(OC)c(C)c1)NCc1ccc(C)cc1OCC1CCOC1. The van der Waals surface area contributed by atoms with E-state index in [1.54, 1.807) is 14.2 Å². The van der Waals surface area contributed by atoms with Crippen LogP contribution in [0.4, 0.5) is 0 Å². The Kier molecular flexibility index (Phi) is 7.97. The normalized spacial score (nSPS) is 16.4. The predicted molar refractivity (Wildman–Crippen MR) is 120 cm³/mol. The number of hydrogen-bond acceptors (Lipinski definition) is 4. The van der Waals surface area contributed by atoms with Crippen molar-refractivity contribution in [1.29, 1.82) is 0 Å². The standard InChI is InChI=1S/C24H33N3O3/c1-17-5-7-21(23(11-17)30-16-20-9-10-29-15-20)14-27-24(25-3)26-13-19-6-8-22(28-4)18(2)12-19/h5-8,11-12,20H,9-10,13-16H2,1-4H3,(H2,25,26,27). The van der Waals surface area contributed by atoms with E-state index in [0.717, 1.165) is 48.2 Å². The van der Waals surface area contributed by atoms with Crippen LogP contribution in [-0.4, -0.2) is 39.9 Å². The van der Waals surface area contributed by atoms with Crippen molar-refractivity contribution in [2.75, 3.05) is 34.0 Å². The van der Waals surface area contributed by atoms with E-state index in [1.807, 2.05) is 13.0 Å². The van der Waals surface area contributed by atoms with Crippen LogP contribution in [-0.2, 0) is 17.8 Å². The second-order valence-electron chi connectivity index (χ2n) is 7.74. The van der Waals surface area contributed by atoms with Crippen molar-refractivity contribution < 1.29 is 14.2 Å². The van der Waals surface area contributed by atoms with Crippen molar-refractivity contribution in [3.63, 3.8) is 0 Å². The maximum Gasteiger partial charge on any atom is 0.191 e. The van der Waals surface area contributed by atoms with Gasteiger partial charge in [0.15, 0.2) is 5.96 Å². The molecule has 6 heteroatoms. The van der Waals surface area contributed by atoms with Crippen LogP contribution in [0.5, 0.6) is 11.5 Å². The number of nitrogens with zero attached hydrogens (tertiary/aromatic N) is 1. The van der Waals surface area contributed by atoms with Gasteiger partial charge in [-0.3, -0.25) is 4.99 Å². The maximum atomic E-state index is 6.14. The Bertz CT molecular complexity index is 861. The number of nitrogens with one attached hydrogen (secondary N) is 2. The lowest BCUT2D eigenvalue weighted by atomic mass is 10.1. The Labute approximate surface area is 179 Å². The van der Waals surface area contributed by atoms with Crippen LogP contribution in [0, 0.1) is 19.8 Å². The first-order valence-corrected chi connectivity index (χ1v) is 10.5. The van der Waals surface area contributed by atoms with E-state index in [2.05, 4.69) is 52.9 Å². The lowest BCUT2D eigenvalue weighted by molar-refractivity contribution is 0.166. The highest BCUT2D eigenvalue weighted by molar-refractivity contribution is 5.79. The van der Waals surface area contributed by atoms with Gasteiger partial charge in [0.2, 0.25) is 0 Å². The van der Waals surface area contributed by atoms with Gasteiger partial charge in [0.25, 0.3) is 0 Å². The van der Waals surface area contributed by atoms with Crippen LogP contribution in [0.25, 0.3) is 0 Å². The van der Waals surface area contributed by atoms with E-state index in [0.29, 0.717) is 25.6 Å². The summed E-state index contributed by atoms with van der Waals surface area (Å²) in [6.07, 6.45) is 1.07. The molecule has 6 nitrogen and oxygen atoms in total. The van der Waals surface area contributed by atoms with Crippen LogP contribution in [0.3, 0.4) is 0 Å². The van der Waals surface area contributed by atoms with Gasteiger partial charge in [-0.2, -0.15) is 0 Å². The van der Waals surface area contributed by atoms with Crippen LogP contribution in [0.15, 0.2) is 41.4 Å². The summed E-state index contributed by atoms with van der Waals surface area (Å²) >= 11 is 0. The van der Waals surface area contributed by atoms with Gasteiger partial charge < -0.3 is 24.8 Å². The molecule has 3 rings (SSSR count). The summed E-state index contributed by atoms with van der Waals surface area (Å²) in [5.74, 6) is 3.06. The molecule has 162 valence electrons. The predicted octanol–water partition coefficient (Wildman–Crippen LogP) is 3.59. The van der Waals surface area contributed by atoms with Gasteiger partial charge in [-0.05, 0) is 49.1 Å². The molecule has 0 aromatic heterocycles. The number of methoxy groups -OCH3 is 1. The number of ether oxygens (including phenoxy) is 3. The summed E-state index contributed by atoms with van der Waals surface area (Å²) in [5.41, 5.74) is 4.60. The average Bonchev–Trinajstić information content (AvgIpc) is 3.27. The molecule has 1 fully saturated rings. The third-order valence-electron chi connectivity index (χ3n) is 5.31. The van der Waals surface area contributed by atoms with Gasteiger partial charge in [0, 0.05) is 38.2 Å². The van der Waals surface area contributed by atoms with Crippen LogP contribution >= 0.6 is 0 Å². The summed E-state index contributed by atoms with van der Waals surface area (Å²) in [7, 11) is 3.47. The van der Waals surface area contributed by atoms with E-state index < -0.39 is 0 Å². The molecule has 1 saturated heterocycles. The van der Waals surface area contributed by atoms with Gasteiger partial charge in [0.05, 0.1) is 20.3 Å². The summed E-state index contributed by atoms with van der Waals surface area (Å²) in [5, 5.41) is 6.76. The van der Waals surface area contributed by atoms with E-state index >= 15 is 0 Å². The molecule has 0 radical (unpaired) electrons. The lowest BCUT2D eigenvalue weighted by Crippen LogP contribution is -2.36. The lowest BCUT2D eigenvalue weighted by Gasteiger charge is -2.17. The fraction of sp³-hybridized carbons (Fsp3) is 0.458. The quantitative estimate of drug-likeness (QED) is 0.513. The van der Waals surface area contributed by atoms with E-state index in [1.165, 1.54) is 11.1 Å². The highest BCUT2D eigenvalue weighted by Gasteiger charge is 2.17. The van der Waals surface area contributed by atoms with E-state index in [-0.39, 0.29) is 0 Å². The highest BCUT2D eigenvalue weighted by Crippen LogP contribution is 2.23. The number of hydrogen-bond donors (Lipinski definition) is 2. The molecular formula is C24H33N3O3. The second-order valence-corrected chi connectivity index (χ2v) is 7.74. The minimum absolute atomic E-state index is 0.480. The molecule has 0 aliphatic carbocycles. The van der Waals surface area contributed by atoms with Gasteiger partial charge in [-0.25, -0.2) is 0 Å². The number of rotatable bonds is 8.